The highest BCUT2D eigenvalue weighted by Gasteiger charge is 2.17. The first-order valence-electron chi connectivity index (χ1n) is 7.25. The van der Waals surface area contributed by atoms with Crippen LogP contribution < -0.4 is 10.7 Å². The molecule has 1 unspecified atom stereocenters. The molecule has 1 atom stereocenters. The van der Waals surface area contributed by atoms with Crippen molar-refractivity contribution in [1.29, 1.82) is 0 Å². The third kappa shape index (κ3) is 5.30. The lowest BCUT2D eigenvalue weighted by atomic mass is 10.2. The molecule has 0 spiro atoms. The van der Waals surface area contributed by atoms with E-state index in [1.54, 1.807) is 24.3 Å². The molecule has 0 aliphatic carbocycles. The van der Waals surface area contributed by atoms with Crippen LogP contribution in [0.1, 0.15) is 22.8 Å². The van der Waals surface area contributed by atoms with Gasteiger partial charge < -0.3 is 10.4 Å². The number of nitrogens with one attached hydrogen (secondary N) is 2. The predicted molar refractivity (Wildman–Crippen MR) is 99.9 cm³/mol. The first-order chi connectivity index (χ1) is 11.9. The Labute approximate surface area is 158 Å². The molecule has 2 aromatic rings. The van der Waals surface area contributed by atoms with E-state index in [1.807, 2.05) is 0 Å². The Bertz CT molecular complexity index is 827. The van der Waals surface area contributed by atoms with Crippen molar-refractivity contribution in [2.75, 3.05) is 0 Å². The zero-order chi connectivity index (χ0) is 18.4. The van der Waals surface area contributed by atoms with Gasteiger partial charge in [-0.25, -0.2) is 5.43 Å². The molecule has 6 nitrogen and oxygen atoms in total. The van der Waals surface area contributed by atoms with E-state index in [1.165, 1.54) is 31.3 Å². The van der Waals surface area contributed by atoms with E-state index in [4.69, 9.17) is 11.6 Å². The number of rotatable bonds is 5. The lowest BCUT2D eigenvalue weighted by Crippen LogP contribution is -2.43. The molecule has 0 saturated carbocycles. The number of halogens is 2. The van der Waals surface area contributed by atoms with Crippen molar-refractivity contribution >= 4 is 45.6 Å². The fourth-order valence-electron chi connectivity index (χ4n) is 1.88. The van der Waals surface area contributed by atoms with E-state index in [0.717, 1.165) is 0 Å². The lowest BCUT2D eigenvalue weighted by molar-refractivity contribution is -0.122. The van der Waals surface area contributed by atoms with Crippen LogP contribution in [0, 0.1) is 0 Å². The van der Waals surface area contributed by atoms with E-state index in [-0.39, 0.29) is 11.7 Å². The van der Waals surface area contributed by atoms with Crippen LogP contribution in [0.3, 0.4) is 0 Å². The second kappa shape index (κ2) is 8.64. The van der Waals surface area contributed by atoms with Gasteiger partial charge >= 0.3 is 0 Å². The van der Waals surface area contributed by atoms with Gasteiger partial charge in [0.1, 0.15) is 11.8 Å². The van der Waals surface area contributed by atoms with Gasteiger partial charge in [-0.1, -0.05) is 23.7 Å². The molecule has 25 heavy (non-hydrogen) atoms. The molecule has 2 rings (SSSR count). The molecule has 2 aromatic carbocycles. The zero-order valence-corrected chi connectivity index (χ0v) is 15.5. The summed E-state index contributed by atoms with van der Waals surface area (Å²) in [4.78, 5) is 24.1. The molecule has 2 amide bonds. The van der Waals surface area contributed by atoms with E-state index in [2.05, 4.69) is 31.8 Å². The van der Waals surface area contributed by atoms with Crippen molar-refractivity contribution in [2.24, 2.45) is 5.10 Å². The Morgan fingerprint density at radius 1 is 1.28 bits per heavy atom. The van der Waals surface area contributed by atoms with Gasteiger partial charge in [-0.15, -0.1) is 0 Å². The van der Waals surface area contributed by atoms with Crippen molar-refractivity contribution in [3.05, 3.63) is 63.1 Å². The second-order valence-corrected chi connectivity index (χ2v) is 6.40. The summed E-state index contributed by atoms with van der Waals surface area (Å²) >= 11 is 9.11. The van der Waals surface area contributed by atoms with E-state index >= 15 is 0 Å². The van der Waals surface area contributed by atoms with E-state index < -0.39 is 11.9 Å². The summed E-state index contributed by atoms with van der Waals surface area (Å²) in [6, 6.07) is 10.6. The van der Waals surface area contributed by atoms with Gasteiger partial charge in [0.15, 0.2) is 0 Å². The Balaban J connectivity index is 1.94. The molecule has 8 heteroatoms. The van der Waals surface area contributed by atoms with E-state index in [0.29, 0.717) is 20.6 Å². The fraction of sp³-hybridized carbons (Fsp3) is 0.118. The van der Waals surface area contributed by atoms with Gasteiger partial charge in [-0.05, 0) is 53.2 Å². The molecule has 0 aliphatic rings. The van der Waals surface area contributed by atoms with Gasteiger partial charge in [0.2, 0.25) is 0 Å². The first kappa shape index (κ1) is 19.0. The number of benzene rings is 2. The summed E-state index contributed by atoms with van der Waals surface area (Å²) in [7, 11) is 0. The highest BCUT2D eigenvalue weighted by Crippen LogP contribution is 2.19. The molecular formula is C17H15BrClN3O3. The summed E-state index contributed by atoms with van der Waals surface area (Å²) in [5.74, 6) is -0.901. The maximum atomic E-state index is 12.2. The third-order valence-electron chi connectivity index (χ3n) is 3.23. The molecule has 0 fully saturated rings. The molecule has 0 saturated heterocycles. The molecular weight excluding hydrogens is 410 g/mol. The predicted octanol–water partition coefficient (Wildman–Crippen LogP) is 3.08. The van der Waals surface area contributed by atoms with Crippen molar-refractivity contribution in [1.82, 2.24) is 10.7 Å². The quantitative estimate of drug-likeness (QED) is 0.509. The van der Waals surface area contributed by atoms with Gasteiger partial charge in [-0.2, -0.15) is 5.10 Å². The van der Waals surface area contributed by atoms with Crippen LogP contribution in [0.2, 0.25) is 5.02 Å². The normalized spacial score (nSPS) is 12.0. The SMILES string of the molecule is CC(NC(=O)c1ccccc1Br)C(=O)N/N=C/c1cc(Cl)ccc1O. The minimum Gasteiger partial charge on any atom is -0.507 e. The largest absolute Gasteiger partial charge is 0.507 e. The van der Waals surface area contributed by atoms with Gasteiger partial charge in [-0.3, -0.25) is 9.59 Å². The Kier molecular flexibility index (Phi) is 6.55. The number of nitrogens with zero attached hydrogens (tertiary/aromatic N) is 1. The topological polar surface area (TPSA) is 90.8 Å². The van der Waals surface area contributed by atoms with Gasteiger partial charge in [0, 0.05) is 15.1 Å². The summed E-state index contributed by atoms with van der Waals surface area (Å²) in [5.41, 5.74) is 3.08. The zero-order valence-electron chi connectivity index (χ0n) is 13.2. The summed E-state index contributed by atoms with van der Waals surface area (Å²) in [6.45, 7) is 1.54. The number of amides is 2. The molecule has 0 bridgehead atoms. The number of hydrogen-bond donors (Lipinski definition) is 3. The Morgan fingerprint density at radius 2 is 2.00 bits per heavy atom. The Morgan fingerprint density at radius 3 is 2.72 bits per heavy atom. The van der Waals surface area contributed by atoms with Crippen LogP contribution in [0.25, 0.3) is 0 Å². The number of carbonyl (C=O) groups is 2. The average molecular weight is 425 g/mol. The minimum atomic E-state index is -0.801. The van der Waals surface area contributed by atoms with Gasteiger partial charge in [0.05, 0.1) is 11.8 Å². The number of carbonyl (C=O) groups excluding carboxylic acids is 2. The summed E-state index contributed by atoms with van der Waals surface area (Å²) in [5, 5.41) is 16.4. The Hall–Kier alpha value is -2.38. The van der Waals surface area contributed by atoms with Crippen LogP contribution in [0.4, 0.5) is 0 Å². The number of aromatic hydroxyl groups is 1. The van der Waals surface area contributed by atoms with Crippen molar-refractivity contribution < 1.29 is 14.7 Å². The second-order valence-electron chi connectivity index (χ2n) is 5.11. The fourth-order valence-corrected chi connectivity index (χ4v) is 2.52. The minimum absolute atomic E-state index is 0.0160. The molecule has 3 N–H and O–H groups in total. The average Bonchev–Trinajstić information content (AvgIpc) is 2.58. The number of hydrogen-bond acceptors (Lipinski definition) is 4. The number of phenolic OH excluding ortho intramolecular Hbond substituents is 1. The van der Waals surface area contributed by atoms with Crippen LogP contribution in [-0.2, 0) is 4.79 Å². The molecule has 0 aliphatic heterocycles. The highest BCUT2D eigenvalue weighted by atomic mass is 79.9. The van der Waals surface area contributed by atoms with Crippen molar-refractivity contribution in [3.8, 4) is 5.75 Å². The van der Waals surface area contributed by atoms with Crippen molar-refractivity contribution in [2.45, 2.75) is 13.0 Å². The maximum Gasteiger partial charge on any atom is 0.262 e. The van der Waals surface area contributed by atoms with Crippen LogP contribution in [0.15, 0.2) is 52.0 Å². The van der Waals surface area contributed by atoms with Crippen molar-refractivity contribution in [3.63, 3.8) is 0 Å². The molecule has 0 radical (unpaired) electrons. The van der Waals surface area contributed by atoms with Crippen LogP contribution in [0.5, 0.6) is 5.75 Å². The van der Waals surface area contributed by atoms with Crippen LogP contribution in [-0.4, -0.2) is 29.2 Å². The van der Waals surface area contributed by atoms with Gasteiger partial charge in [0.25, 0.3) is 11.8 Å². The van der Waals surface area contributed by atoms with E-state index in [9.17, 15) is 14.7 Å². The smallest absolute Gasteiger partial charge is 0.262 e. The highest BCUT2D eigenvalue weighted by molar-refractivity contribution is 9.10. The number of phenols is 1. The molecule has 0 heterocycles. The first-order valence-corrected chi connectivity index (χ1v) is 8.42. The summed E-state index contributed by atoms with van der Waals surface area (Å²) in [6.07, 6.45) is 1.27. The lowest BCUT2D eigenvalue weighted by Gasteiger charge is -2.12. The number of hydrazone groups is 1. The maximum absolute atomic E-state index is 12.2. The molecule has 130 valence electrons. The standard InChI is InChI=1S/C17H15BrClN3O3/c1-10(21-17(25)13-4-2-3-5-14(13)18)16(24)22-20-9-11-8-12(19)6-7-15(11)23/h2-10,23H,1H3,(H,21,25)(H,22,24)/b20-9+. The molecule has 0 aromatic heterocycles. The third-order valence-corrected chi connectivity index (χ3v) is 4.15. The van der Waals surface area contributed by atoms with Crippen LogP contribution >= 0.6 is 27.5 Å². The monoisotopic (exact) mass is 423 g/mol. The summed E-state index contributed by atoms with van der Waals surface area (Å²) < 4.78 is 0.634.